The summed E-state index contributed by atoms with van der Waals surface area (Å²) in [5, 5.41) is 2.60. The Bertz CT molecular complexity index is 493. The molecule has 1 saturated heterocycles. The van der Waals surface area contributed by atoms with Gasteiger partial charge in [0.15, 0.2) is 9.84 Å². The molecule has 1 aliphatic heterocycles. The number of rotatable bonds is 3. The molecule has 0 radical (unpaired) electrons. The summed E-state index contributed by atoms with van der Waals surface area (Å²) in [6, 6.07) is -0.896. The third-order valence-electron chi connectivity index (χ3n) is 3.58. The molecule has 0 bridgehead atoms. The molecule has 0 saturated carbocycles. The van der Waals surface area contributed by atoms with Crippen molar-refractivity contribution in [3.05, 3.63) is 0 Å². The van der Waals surface area contributed by atoms with Crippen molar-refractivity contribution in [1.29, 1.82) is 0 Å². The van der Waals surface area contributed by atoms with Gasteiger partial charge in [-0.3, -0.25) is 9.59 Å². The number of nitrogens with zero attached hydrogens (tertiary/aromatic N) is 1. The van der Waals surface area contributed by atoms with Crippen LogP contribution in [-0.2, 0) is 19.4 Å². The van der Waals surface area contributed by atoms with Crippen LogP contribution in [0.15, 0.2) is 0 Å². The Labute approximate surface area is 120 Å². The Morgan fingerprint density at radius 3 is 2.30 bits per heavy atom. The maximum absolute atomic E-state index is 12.2. The number of sulfone groups is 1. The van der Waals surface area contributed by atoms with E-state index in [1.54, 1.807) is 34.6 Å². The van der Waals surface area contributed by atoms with Crippen LogP contribution in [0.5, 0.6) is 0 Å². The van der Waals surface area contributed by atoms with Gasteiger partial charge in [-0.05, 0) is 34.6 Å². The first-order valence-electron chi connectivity index (χ1n) is 6.78. The zero-order valence-corrected chi connectivity index (χ0v) is 13.6. The van der Waals surface area contributed by atoms with Gasteiger partial charge in [-0.1, -0.05) is 0 Å². The quantitative estimate of drug-likeness (QED) is 0.814. The van der Waals surface area contributed by atoms with Crippen LogP contribution in [0.4, 0.5) is 0 Å². The lowest BCUT2D eigenvalue weighted by Gasteiger charge is -2.29. The molecule has 0 spiro atoms. The topological polar surface area (TPSA) is 83.6 Å². The molecule has 1 aliphatic rings. The van der Waals surface area contributed by atoms with Crippen LogP contribution >= 0.6 is 0 Å². The Morgan fingerprint density at radius 1 is 1.25 bits per heavy atom. The summed E-state index contributed by atoms with van der Waals surface area (Å²) in [6.45, 7) is 8.43. The fourth-order valence-corrected chi connectivity index (χ4v) is 3.11. The predicted octanol–water partition coefficient (Wildman–Crippen LogP) is 0.325. The van der Waals surface area contributed by atoms with Crippen molar-refractivity contribution in [2.75, 3.05) is 12.3 Å². The van der Waals surface area contributed by atoms with Gasteiger partial charge < -0.3 is 10.2 Å². The van der Waals surface area contributed by atoms with E-state index in [1.165, 1.54) is 4.90 Å². The molecule has 2 unspecified atom stereocenters. The van der Waals surface area contributed by atoms with Gasteiger partial charge in [-0.15, -0.1) is 0 Å². The van der Waals surface area contributed by atoms with E-state index in [2.05, 4.69) is 5.32 Å². The Morgan fingerprint density at radius 2 is 1.80 bits per heavy atom. The van der Waals surface area contributed by atoms with Gasteiger partial charge >= 0.3 is 0 Å². The summed E-state index contributed by atoms with van der Waals surface area (Å²) in [4.78, 5) is 25.2. The highest BCUT2D eigenvalue weighted by atomic mass is 32.2. The van der Waals surface area contributed by atoms with Gasteiger partial charge in [0.05, 0.1) is 10.5 Å². The lowest BCUT2D eigenvalue weighted by Crippen LogP contribution is -2.47. The molecule has 0 aromatic heterocycles. The number of carbonyl (C=O) groups excluding carboxylic acids is 2. The number of amides is 2. The summed E-state index contributed by atoms with van der Waals surface area (Å²) in [5.41, 5.74) is 0. The summed E-state index contributed by atoms with van der Waals surface area (Å²) in [6.07, 6.45) is 0.200. The van der Waals surface area contributed by atoms with E-state index in [4.69, 9.17) is 0 Å². The van der Waals surface area contributed by atoms with E-state index in [-0.39, 0.29) is 36.6 Å². The maximum Gasteiger partial charge on any atom is 0.245 e. The molecule has 2 atom stereocenters. The van der Waals surface area contributed by atoms with Crippen LogP contribution < -0.4 is 5.32 Å². The summed E-state index contributed by atoms with van der Waals surface area (Å²) in [7, 11) is -3.29. The summed E-state index contributed by atoms with van der Waals surface area (Å²) >= 11 is 0. The van der Waals surface area contributed by atoms with Crippen LogP contribution in [0, 0.1) is 0 Å². The zero-order chi connectivity index (χ0) is 15.7. The molecular weight excluding hydrogens is 280 g/mol. The summed E-state index contributed by atoms with van der Waals surface area (Å²) in [5.74, 6) is -0.500. The molecule has 0 aliphatic carbocycles. The highest BCUT2D eigenvalue weighted by molar-refractivity contribution is 7.92. The van der Waals surface area contributed by atoms with Crippen LogP contribution in [0.1, 0.15) is 41.0 Å². The second-order valence-corrected chi connectivity index (χ2v) is 9.17. The maximum atomic E-state index is 12.2. The van der Waals surface area contributed by atoms with Crippen LogP contribution in [0.2, 0.25) is 0 Å². The fraction of sp³-hybridized carbons (Fsp3) is 0.846. The lowest BCUT2D eigenvalue weighted by molar-refractivity contribution is -0.134. The average Bonchev–Trinajstić information content (AvgIpc) is 2.34. The first kappa shape index (κ1) is 16.9. The molecular formula is C13H24N2O4S. The first-order chi connectivity index (χ1) is 8.95. The normalized spacial score (nSPS) is 25.4. The summed E-state index contributed by atoms with van der Waals surface area (Å²) < 4.78 is 23.4. The van der Waals surface area contributed by atoms with Gasteiger partial charge in [0, 0.05) is 19.0 Å². The molecule has 7 heteroatoms. The molecule has 0 aromatic rings. The highest BCUT2D eigenvalue weighted by Gasteiger charge is 2.34. The molecule has 2 amide bonds. The van der Waals surface area contributed by atoms with Gasteiger partial charge in [-0.2, -0.15) is 0 Å². The smallest absolute Gasteiger partial charge is 0.245 e. The second-order valence-electron chi connectivity index (χ2n) is 6.31. The van der Waals surface area contributed by atoms with Crippen LogP contribution in [-0.4, -0.2) is 54.3 Å². The van der Waals surface area contributed by atoms with Crippen molar-refractivity contribution in [3.8, 4) is 0 Å². The Balaban J connectivity index is 2.85. The molecule has 1 fully saturated rings. The Kier molecular flexibility index (Phi) is 4.84. The zero-order valence-electron chi connectivity index (χ0n) is 12.8. The average molecular weight is 304 g/mol. The third kappa shape index (κ3) is 3.71. The monoisotopic (exact) mass is 304 g/mol. The van der Waals surface area contributed by atoms with Crippen molar-refractivity contribution < 1.29 is 18.0 Å². The number of hydrogen-bond acceptors (Lipinski definition) is 4. The molecule has 1 N–H and O–H groups in total. The van der Waals surface area contributed by atoms with Crippen LogP contribution in [0.3, 0.4) is 0 Å². The van der Waals surface area contributed by atoms with E-state index < -0.39 is 20.6 Å². The van der Waals surface area contributed by atoms with Gasteiger partial charge in [-0.25, -0.2) is 8.42 Å². The molecule has 116 valence electrons. The number of carbonyl (C=O) groups is 2. The van der Waals surface area contributed by atoms with Gasteiger partial charge in [0.25, 0.3) is 0 Å². The highest BCUT2D eigenvalue weighted by Crippen LogP contribution is 2.18. The molecule has 0 aromatic carbocycles. The predicted molar refractivity (Wildman–Crippen MR) is 76.9 cm³/mol. The molecule has 20 heavy (non-hydrogen) atoms. The van der Waals surface area contributed by atoms with Crippen molar-refractivity contribution in [2.45, 2.75) is 57.9 Å². The number of nitrogens with one attached hydrogen (secondary N) is 1. The van der Waals surface area contributed by atoms with Crippen molar-refractivity contribution in [1.82, 2.24) is 10.2 Å². The van der Waals surface area contributed by atoms with Gasteiger partial charge in [0.2, 0.25) is 11.8 Å². The van der Waals surface area contributed by atoms with Crippen molar-refractivity contribution >= 4 is 21.7 Å². The van der Waals surface area contributed by atoms with Crippen molar-refractivity contribution in [2.24, 2.45) is 0 Å². The second kappa shape index (κ2) is 5.71. The standard InChI is InChI=1S/C13H24N2O4S/c1-9-8-11(16)14-10(2)12(17)15(9)6-7-20(18,19)13(3,4)5/h9-10H,6-8H2,1-5H3,(H,14,16). The minimum Gasteiger partial charge on any atom is -0.345 e. The van der Waals surface area contributed by atoms with E-state index >= 15 is 0 Å². The molecule has 6 nitrogen and oxygen atoms in total. The van der Waals surface area contributed by atoms with Crippen molar-refractivity contribution in [3.63, 3.8) is 0 Å². The lowest BCUT2D eigenvalue weighted by atomic mass is 10.2. The third-order valence-corrected chi connectivity index (χ3v) is 6.16. The first-order valence-corrected chi connectivity index (χ1v) is 8.43. The number of hydrogen-bond donors (Lipinski definition) is 1. The van der Waals surface area contributed by atoms with E-state index in [1.807, 2.05) is 0 Å². The molecule has 1 rings (SSSR count). The van der Waals surface area contributed by atoms with Crippen LogP contribution in [0.25, 0.3) is 0 Å². The SMILES string of the molecule is CC1NC(=O)CC(C)N(CCS(=O)(=O)C(C)(C)C)C1=O. The Hall–Kier alpha value is -1.11. The fourth-order valence-electron chi connectivity index (χ4n) is 2.06. The van der Waals surface area contributed by atoms with Gasteiger partial charge in [0.1, 0.15) is 6.04 Å². The van der Waals surface area contributed by atoms with E-state index in [0.717, 1.165) is 0 Å². The molecule has 1 heterocycles. The van der Waals surface area contributed by atoms with E-state index in [9.17, 15) is 18.0 Å². The van der Waals surface area contributed by atoms with E-state index in [0.29, 0.717) is 0 Å². The minimum absolute atomic E-state index is 0.0898. The largest absolute Gasteiger partial charge is 0.345 e. The minimum atomic E-state index is -3.29.